The van der Waals surface area contributed by atoms with Crippen molar-refractivity contribution in [3.63, 3.8) is 0 Å². The summed E-state index contributed by atoms with van der Waals surface area (Å²) in [6, 6.07) is 4.40. The van der Waals surface area contributed by atoms with Gasteiger partial charge in [0, 0.05) is 22.7 Å². The van der Waals surface area contributed by atoms with Gasteiger partial charge in [-0.3, -0.25) is 9.59 Å². The van der Waals surface area contributed by atoms with Crippen molar-refractivity contribution in [2.24, 2.45) is 5.92 Å². The molecule has 2 amide bonds. The molecule has 3 rings (SSSR count). The molecule has 2 aromatic rings. The summed E-state index contributed by atoms with van der Waals surface area (Å²) in [6.07, 6.45) is 5.57. The van der Waals surface area contributed by atoms with Crippen molar-refractivity contribution in [2.45, 2.75) is 31.7 Å². The molecule has 132 valence electrons. The first-order valence-electron chi connectivity index (χ1n) is 8.47. The van der Waals surface area contributed by atoms with E-state index in [0.29, 0.717) is 28.1 Å². The van der Waals surface area contributed by atoms with Crippen molar-refractivity contribution in [1.82, 2.24) is 10.6 Å². The van der Waals surface area contributed by atoms with Gasteiger partial charge in [-0.15, -0.1) is 11.3 Å². The number of amides is 2. The largest absolute Gasteiger partial charge is 0.350 e. The Morgan fingerprint density at radius 1 is 1.32 bits per heavy atom. The minimum Gasteiger partial charge on any atom is -0.350 e. The van der Waals surface area contributed by atoms with Gasteiger partial charge < -0.3 is 10.6 Å². The molecule has 1 unspecified atom stereocenters. The Labute approximate surface area is 150 Å². The number of fused-ring (bicyclic) bond motifs is 1. The summed E-state index contributed by atoms with van der Waals surface area (Å²) in [4.78, 5) is 24.3. The lowest BCUT2D eigenvalue weighted by atomic mass is 9.97. The van der Waals surface area contributed by atoms with Crippen LogP contribution in [0.5, 0.6) is 0 Å². The first-order chi connectivity index (χ1) is 12.1. The second-order valence-corrected chi connectivity index (χ2v) is 7.25. The quantitative estimate of drug-likeness (QED) is 0.773. The molecule has 0 aliphatic heterocycles. The highest BCUT2D eigenvalue weighted by atomic mass is 32.1. The number of hydrogen-bond donors (Lipinski definition) is 2. The van der Waals surface area contributed by atoms with Crippen LogP contribution in [0.25, 0.3) is 10.1 Å². The van der Waals surface area contributed by atoms with E-state index in [1.807, 2.05) is 0 Å². The van der Waals surface area contributed by atoms with Crippen molar-refractivity contribution >= 4 is 33.2 Å². The van der Waals surface area contributed by atoms with Gasteiger partial charge >= 0.3 is 0 Å². The summed E-state index contributed by atoms with van der Waals surface area (Å²) in [7, 11) is 0. The molecular weight excluding hydrogens is 339 g/mol. The Kier molecular flexibility index (Phi) is 5.48. The van der Waals surface area contributed by atoms with Crippen LogP contribution in [0.4, 0.5) is 4.39 Å². The van der Waals surface area contributed by atoms with E-state index in [1.54, 1.807) is 11.4 Å². The molecule has 1 saturated carbocycles. The standard InChI is InChI=1S/C19H21FN2O2S/c1-2-17(23)21-11-16(12-5-3-4-6-12)22-19(24)14-7-8-15(20)13-9-10-25-18(13)14/h2,7-10,12,16H,1,3-6,11H2,(H,21,23)(H,22,24). The second-order valence-electron chi connectivity index (χ2n) is 6.33. The van der Waals surface area contributed by atoms with E-state index < -0.39 is 0 Å². The molecule has 0 spiro atoms. The molecule has 2 N–H and O–H groups in total. The van der Waals surface area contributed by atoms with E-state index in [1.165, 1.54) is 29.5 Å². The van der Waals surface area contributed by atoms with Crippen molar-refractivity contribution in [3.8, 4) is 0 Å². The van der Waals surface area contributed by atoms with Crippen LogP contribution in [0.15, 0.2) is 36.2 Å². The predicted octanol–water partition coefficient (Wildman–Crippen LogP) is 3.63. The fourth-order valence-electron chi connectivity index (χ4n) is 3.43. The van der Waals surface area contributed by atoms with E-state index in [0.717, 1.165) is 25.7 Å². The maximum Gasteiger partial charge on any atom is 0.253 e. The van der Waals surface area contributed by atoms with Crippen LogP contribution < -0.4 is 10.6 Å². The van der Waals surface area contributed by atoms with Crippen LogP contribution in [-0.4, -0.2) is 24.4 Å². The summed E-state index contributed by atoms with van der Waals surface area (Å²) < 4.78 is 14.5. The van der Waals surface area contributed by atoms with Gasteiger partial charge in [0.15, 0.2) is 0 Å². The molecule has 0 bridgehead atoms. The number of thiophene rings is 1. The molecule has 1 aromatic carbocycles. The Hall–Kier alpha value is -2.21. The first kappa shape index (κ1) is 17.6. The summed E-state index contributed by atoms with van der Waals surface area (Å²) in [6.45, 7) is 3.82. The van der Waals surface area contributed by atoms with E-state index >= 15 is 0 Å². The van der Waals surface area contributed by atoms with Crippen LogP contribution in [0.2, 0.25) is 0 Å². The predicted molar refractivity (Wildman–Crippen MR) is 98.2 cm³/mol. The van der Waals surface area contributed by atoms with E-state index in [-0.39, 0.29) is 23.7 Å². The van der Waals surface area contributed by atoms with E-state index in [2.05, 4.69) is 17.2 Å². The number of hydrogen-bond acceptors (Lipinski definition) is 3. The molecule has 0 radical (unpaired) electrons. The summed E-state index contributed by atoms with van der Waals surface area (Å²) >= 11 is 1.35. The van der Waals surface area contributed by atoms with Gasteiger partial charge in [-0.2, -0.15) is 0 Å². The van der Waals surface area contributed by atoms with Crippen molar-refractivity contribution < 1.29 is 14.0 Å². The van der Waals surface area contributed by atoms with Gasteiger partial charge in [0.05, 0.1) is 5.56 Å². The van der Waals surface area contributed by atoms with Crippen LogP contribution in [0.1, 0.15) is 36.0 Å². The zero-order valence-electron chi connectivity index (χ0n) is 13.9. The minimum absolute atomic E-state index is 0.140. The molecule has 1 aliphatic rings. The molecule has 1 fully saturated rings. The van der Waals surface area contributed by atoms with Crippen molar-refractivity contribution in [1.29, 1.82) is 0 Å². The number of rotatable bonds is 6. The average Bonchev–Trinajstić information content (AvgIpc) is 3.30. The molecular formula is C19H21FN2O2S. The van der Waals surface area contributed by atoms with Gasteiger partial charge in [-0.05, 0) is 48.4 Å². The topological polar surface area (TPSA) is 58.2 Å². The SMILES string of the molecule is C=CC(=O)NCC(NC(=O)c1ccc(F)c2ccsc12)C1CCCC1. The van der Waals surface area contributed by atoms with Crippen LogP contribution in [-0.2, 0) is 4.79 Å². The lowest BCUT2D eigenvalue weighted by Gasteiger charge is -2.25. The molecule has 25 heavy (non-hydrogen) atoms. The molecule has 4 nitrogen and oxygen atoms in total. The van der Waals surface area contributed by atoms with Crippen LogP contribution >= 0.6 is 11.3 Å². The zero-order valence-corrected chi connectivity index (χ0v) is 14.7. The maximum atomic E-state index is 13.8. The maximum absolute atomic E-state index is 13.8. The minimum atomic E-state index is -0.321. The Morgan fingerprint density at radius 3 is 2.80 bits per heavy atom. The molecule has 0 saturated heterocycles. The zero-order chi connectivity index (χ0) is 17.8. The molecule has 1 atom stereocenters. The second kappa shape index (κ2) is 7.78. The summed E-state index contributed by atoms with van der Waals surface area (Å²) in [5.74, 6) is -0.455. The Morgan fingerprint density at radius 2 is 2.08 bits per heavy atom. The smallest absolute Gasteiger partial charge is 0.253 e. The monoisotopic (exact) mass is 360 g/mol. The van der Waals surface area contributed by atoms with Crippen LogP contribution in [0.3, 0.4) is 0 Å². The fraction of sp³-hybridized carbons (Fsp3) is 0.368. The van der Waals surface area contributed by atoms with Gasteiger partial charge in [0.2, 0.25) is 5.91 Å². The highest BCUT2D eigenvalue weighted by Gasteiger charge is 2.27. The van der Waals surface area contributed by atoms with Gasteiger partial charge in [-0.25, -0.2) is 4.39 Å². The van der Waals surface area contributed by atoms with Gasteiger partial charge in [0.25, 0.3) is 5.91 Å². The highest BCUT2D eigenvalue weighted by Crippen LogP contribution is 2.30. The average molecular weight is 360 g/mol. The Balaban J connectivity index is 1.78. The first-order valence-corrected chi connectivity index (χ1v) is 9.35. The van der Waals surface area contributed by atoms with E-state index in [4.69, 9.17) is 0 Å². The summed E-state index contributed by atoms with van der Waals surface area (Å²) in [5.41, 5.74) is 0.476. The number of nitrogens with one attached hydrogen (secondary N) is 2. The molecule has 1 heterocycles. The third-order valence-corrected chi connectivity index (χ3v) is 5.72. The number of halogens is 1. The van der Waals surface area contributed by atoms with Crippen molar-refractivity contribution in [3.05, 3.63) is 47.6 Å². The summed E-state index contributed by atoms with van der Waals surface area (Å²) in [5, 5.41) is 8.08. The number of benzene rings is 1. The lowest BCUT2D eigenvalue weighted by molar-refractivity contribution is -0.116. The number of carbonyl (C=O) groups is 2. The normalized spacial score (nSPS) is 15.9. The molecule has 1 aliphatic carbocycles. The van der Waals surface area contributed by atoms with Gasteiger partial charge in [0.1, 0.15) is 5.82 Å². The van der Waals surface area contributed by atoms with Gasteiger partial charge in [-0.1, -0.05) is 19.4 Å². The fourth-order valence-corrected chi connectivity index (χ4v) is 4.35. The van der Waals surface area contributed by atoms with Crippen molar-refractivity contribution in [2.75, 3.05) is 6.54 Å². The third kappa shape index (κ3) is 3.90. The molecule has 6 heteroatoms. The number of carbonyl (C=O) groups excluding carboxylic acids is 2. The molecule has 1 aromatic heterocycles. The lowest BCUT2D eigenvalue weighted by Crippen LogP contribution is -2.47. The Bertz CT molecular complexity index is 796. The van der Waals surface area contributed by atoms with Crippen LogP contribution in [0, 0.1) is 11.7 Å². The van der Waals surface area contributed by atoms with E-state index in [9.17, 15) is 14.0 Å². The third-order valence-electron chi connectivity index (χ3n) is 4.78. The highest BCUT2D eigenvalue weighted by molar-refractivity contribution is 7.17.